The second kappa shape index (κ2) is 6.73. The van der Waals surface area contributed by atoms with Gasteiger partial charge in [0.15, 0.2) is 0 Å². The van der Waals surface area contributed by atoms with E-state index < -0.39 is 0 Å². The monoisotopic (exact) mass is 251 g/mol. The standard InChI is InChI=1S/C8H11NO3.C4H6N2/c1-5-8(12)7(4-11)6(3-10)2-9-5;1-4-2-5-3-6-4/h2,10-12H,3-4H2,1H3;2-3H,1H3,(H,5,6). The highest BCUT2D eigenvalue weighted by Crippen LogP contribution is 2.23. The Kier molecular flexibility index (Phi) is 5.29. The van der Waals surface area contributed by atoms with Crippen molar-refractivity contribution in [2.24, 2.45) is 0 Å². The molecule has 6 nitrogen and oxygen atoms in total. The van der Waals surface area contributed by atoms with E-state index in [1.807, 2.05) is 6.92 Å². The third-order valence-electron chi connectivity index (χ3n) is 2.39. The molecule has 6 heteroatoms. The van der Waals surface area contributed by atoms with E-state index in [0.717, 1.165) is 5.69 Å². The highest BCUT2D eigenvalue weighted by Gasteiger charge is 2.09. The lowest BCUT2D eigenvalue weighted by atomic mass is 10.1. The third kappa shape index (κ3) is 3.54. The molecule has 0 aliphatic carbocycles. The van der Waals surface area contributed by atoms with Crippen molar-refractivity contribution in [1.29, 1.82) is 0 Å². The molecule has 0 saturated carbocycles. The predicted molar refractivity (Wildman–Crippen MR) is 65.8 cm³/mol. The first kappa shape index (κ1) is 14.1. The predicted octanol–water partition coefficient (Wildman–Crippen LogP) is 0.798. The Morgan fingerprint density at radius 1 is 1.17 bits per heavy atom. The SMILES string of the molecule is Cc1cnc[nH]1.Cc1ncc(CO)c(CO)c1O. The Bertz CT molecular complexity index is 484. The largest absolute Gasteiger partial charge is 0.506 e. The van der Waals surface area contributed by atoms with Crippen LogP contribution in [0.3, 0.4) is 0 Å². The maximum atomic E-state index is 9.38. The van der Waals surface area contributed by atoms with Crippen molar-refractivity contribution in [2.75, 3.05) is 0 Å². The van der Waals surface area contributed by atoms with Crippen molar-refractivity contribution in [3.05, 3.63) is 41.2 Å². The minimum atomic E-state index is -0.287. The number of H-pyrrole nitrogens is 1. The molecule has 0 unspecified atom stereocenters. The molecule has 0 aliphatic heterocycles. The summed E-state index contributed by atoms with van der Waals surface area (Å²) in [6, 6.07) is 0. The molecule has 2 aromatic rings. The number of hydrogen-bond acceptors (Lipinski definition) is 5. The van der Waals surface area contributed by atoms with Gasteiger partial charge in [0.05, 0.1) is 25.2 Å². The highest BCUT2D eigenvalue weighted by atomic mass is 16.3. The minimum absolute atomic E-state index is 0.0379. The summed E-state index contributed by atoms with van der Waals surface area (Å²) < 4.78 is 0. The number of nitrogens with zero attached hydrogens (tertiary/aromatic N) is 2. The van der Waals surface area contributed by atoms with E-state index in [1.165, 1.54) is 6.20 Å². The van der Waals surface area contributed by atoms with Gasteiger partial charge in [0.2, 0.25) is 0 Å². The third-order valence-corrected chi connectivity index (χ3v) is 2.39. The number of rotatable bonds is 2. The normalized spacial score (nSPS) is 9.78. The number of nitrogens with one attached hydrogen (secondary N) is 1. The minimum Gasteiger partial charge on any atom is -0.506 e. The number of aliphatic hydroxyl groups excluding tert-OH is 2. The van der Waals surface area contributed by atoms with Crippen molar-refractivity contribution in [2.45, 2.75) is 27.1 Å². The van der Waals surface area contributed by atoms with E-state index in [-0.39, 0.29) is 19.0 Å². The second-order valence-corrected chi connectivity index (χ2v) is 3.75. The number of imidazole rings is 1. The summed E-state index contributed by atoms with van der Waals surface area (Å²) in [6.07, 6.45) is 4.88. The molecule has 0 aromatic carbocycles. The summed E-state index contributed by atoms with van der Waals surface area (Å²) in [5.41, 5.74) is 2.37. The van der Waals surface area contributed by atoms with E-state index in [4.69, 9.17) is 10.2 Å². The number of aromatic amines is 1. The van der Waals surface area contributed by atoms with Crippen LogP contribution in [-0.4, -0.2) is 30.3 Å². The zero-order valence-electron chi connectivity index (χ0n) is 10.4. The van der Waals surface area contributed by atoms with Gasteiger partial charge in [-0.05, 0) is 13.8 Å². The topological polar surface area (TPSA) is 102 Å². The highest BCUT2D eigenvalue weighted by molar-refractivity contribution is 5.39. The summed E-state index contributed by atoms with van der Waals surface area (Å²) in [7, 11) is 0. The molecule has 2 aromatic heterocycles. The van der Waals surface area contributed by atoms with Gasteiger partial charge in [0.1, 0.15) is 5.75 Å². The summed E-state index contributed by atoms with van der Waals surface area (Å²) in [5, 5.41) is 27.0. The van der Waals surface area contributed by atoms with Gasteiger partial charge < -0.3 is 20.3 Å². The fourth-order valence-corrected chi connectivity index (χ4v) is 1.32. The average Bonchev–Trinajstić information content (AvgIpc) is 2.84. The molecule has 98 valence electrons. The van der Waals surface area contributed by atoms with Crippen LogP contribution in [0.5, 0.6) is 5.75 Å². The van der Waals surface area contributed by atoms with E-state index in [2.05, 4.69) is 15.0 Å². The number of aromatic hydroxyl groups is 1. The molecule has 2 rings (SSSR count). The molecule has 18 heavy (non-hydrogen) atoms. The van der Waals surface area contributed by atoms with Gasteiger partial charge in [-0.3, -0.25) is 4.98 Å². The Morgan fingerprint density at radius 2 is 1.89 bits per heavy atom. The van der Waals surface area contributed by atoms with Crippen molar-refractivity contribution >= 4 is 0 Å². The molecule has 0 atom stereocenters. The van der Waals surface area contributed by atoms with Gasteiger partial charge in [-0.1, -0.05) is 0 Å². The fraction of sp³-hybridized carbons (Fsp3) is 0.333. The number of aliphatic hydroxyl groups is 2. The van der Waals surface area contributed by atoms with E-state index >= 15 is 0 Å². The van der Waals surface area contributed by atoms with Crippen LogP contribution in [0.4, 0.5) is 0 Å². The maximum absolute atomic E-state index is 9.38. The molecule has 0 aliphatic rings. The first-order valence-corrected chi connectivity index (χ1v) is 5.43. The van der Waals surface area contributed by atoms with E-state index in [0.29, 0.717) is 16.8 Å². The van der Waals surface area contributed by atoms with Crippen LogP contribution in [0.2, 0.25) is 0 Å². The van der Waals surface area contributed by atoms with Crippen LogP contribution in [0.1, 0.15) is 22.5 Å². The molecule has 2 heterocycles. The Hall–Kier alpha value is -1.92. The Labute approximate surface area is 105 Å². The Morgan fingerprint density at radius 3 is 2.28 bits per heavy atom. The van der Waals surface area contributed by atoms with Crippen molar-refractivity contribution < 1.29 is 15.3 Å². The van der Waals surface area contributed by atoms with Crippen LogP contribution >= 0.6 is 0 Å². The molecule has 0 radical (unpaired) electrons. The summed E-state index contributed by atoms with van der Waals surface area (Å²) >= 11 is 0. The number of aromatic nitrogens is 3. The van der Waals surface area contributed by atoms with Gasteiger partial charge in [-0.15, -0.1) is 0 Å². The molecule has 0 spiro atoms. The number of pyridine rings is 1. The lowest BCUT2D eigenvalue weighted by Crippen LogP contribution is -1.98. The van der Waals surface area contributed by atoms with Crippen LogP contribution < -0.4 is 0 Å². The lowest BCUT2D eigenvalue weighted by molar-refractivity contribution is 0.254. The van der Waals surface area contributed by atoms with Gasteiger partial charge in [-0.25, -0.2) is 4.98 Å². The zero-order chi connectivity index (χ0) is 13.5. The lowest BCUT2D eigenvalue weighted by Gasteiger charge is -2.07. The van der Waals surface area contributed by atoms with Crippen molar-refractivity contribution in [3.8, 4) is 5.75 Å². The molecule has 0 bridgehead atoms. The van der Waals surface area contributed by atoms with Gasteiger partial charge in [-0.2, -0.15) is 0 Å². The van der Waals surface area contributed by atoms with Gasteiger partial charge >= 0.3 is 0 Å². The van der Waals surface area contributed by atoms with E-state index in [9.17, 15) is 5.11 Å². The van der Waals surface area contributed by atoms with Crippen molar-refractivity contribution in [1.82, 2.24) is 15.0 Å². The first-order chi connectivity index (χ1) is 8.60. The maximum Gasteiger partial charge on any atom is 0.142 e. The summed E-state index contributed by atoms with van der Waals surface area (Å²) in [6.45, 7) is 3.09. The Balaban J connectivity index is 0.000000225. The van der Waals surface area contributed by atoms with Crippen LogP contribution in [-0.2, 0) is 13.2 Å². The van der Waals surface area contributed by atoms with Gasteiger partial charge in [0, 0.05) is 29.2 Å². The number of hydrogen-bond donors (Lipinski definition) is 4. The second-order valence-electron chi connectivity index (χ2n) is 3.75. The molecule has 4 N–H and O–H groups in total. The fourth-order valence-electron chi connectivity index (χ4n) is 1.32. The molecule has 0 fully saturated rings. The number of aryl methyl sites for hydroxylation is 2. The molecular weight excluding hydrogens is 234 g/mol. The first-order valence-electron chi connectivity index (χ1n) is 5.43. The van der Waals surface area contributed by atoms with E-state index in [1.54, 1.807) is 19.4 Å². The summed E-state index contributed by atoms with van der Waals surface area (Å²) in [4.78, 5) is 10.5. The summed E-state index contributed by atoms with van der Waals surface area (Å²) in [5.74, 6) is -0.0379. The van der Waals surface area contributed by atoms with Gasteiger partial charge in [0.25, 0.3) is 0 Å². The van der Waals surface area contributed by atoms with Crippen molar-refractivity contribution in [3.63, 3.8) is 0 Å². The molecular formula is C12H17N3O3. The molecule has 0 saturated heterocycles. The molecule has 0 amide bonds. The van der Waals surface area contributed by atoms with Crippen LogP contribution in [0.25, 0.3) is 0 Å². The average molecular weight is 251 g/mol. The smallest absolute Gasteiger partial charge is 0.142 e. The zero-order valence-corrected chi connectivity index (χ0v) is 10.4. The van der Waals surface area contributed by atoms with Crippen LogP contribution in [0.15, 0.2) is 18.7 Å². The quantitative estimate of drug-likeness (QED) is 0.632. The van der Waals surface area contributed by atoms with Crippen LogP contribution in [0, 0.1) is 13.8 Å².